The van der Waals surface area contributed by atoms with Crippen molar-refractivity contribution in [1.82, 2.24) is 4.90 Å². The van der Waals surface area contributed by atoms with Gasteiger partial charge < -0.3 is 20.1 Å². The molecule has 1 atom stereocenters. The van der Waals surface area contributed by atoms with Gasteiger partial charge in [0, 0.05) is 18.8 Å². The van der Waals surface area contributed by atoms with Crippen LogP contribution < -0.4 is 10.1 Å². The van der Waals surface area contributed by atoms with Crippen molar-refractivity contribution in [3.63, 3.8) is 0 Å². The molecule has 116 valence electrons. The third-order valence-electron chi connectivity index (χ3n) is 3.02. The second kappa shape index (κ2) is 6.48. The van der Waals surface area contributed by atoms with E-state index in [1.807, 2.05) is 4.90 Å². The van der Waals surface area contributed by atoms with E-state index in [1.54, 1.807) is 0 Å². The van der Waals surface area contributed by atoms with Crippen LogP contribution in [-0.2, 0) is 0 Å². The third kappa shape index (κ3) is 5.05. The molecule has 1 heterocycles. The molecule has 0 bridgehead atoms. The van der Waals surface area contributed by atoms with E-state index < -0.39 is 12.5 Å². The first-order chi connectivity index (χ1) is 9.83. The van der Waals surface area contributed by atoms with Crippen molar-refractivity contribution in [2.45, 2.75) is 25.3 Å². The monoisotopic (exact) mass is 320 g/mol. The van der Waals surface area contributed by atoms with E-state index in [0.717, 1.165) is 19.4 Å². The van der Waals surface area contributed by atoms with Gasteiger partial charge in [0.2, 0.25) is 0 Å². The van der Waals surface area contributed by atoms with Gasteiger partial charge in [-0.05, 0) is 49.3 Å². The minimum absolute atomic E-state index is 0.285. The molecule has 0 amide bonds. The molecule has 0 saturated carbocycles. The number of thiocarbonyl (C=S) groups is 1. The lowest BCUT2D eigenvalue weighted by Crippen LogP contribution is -2.44. The summed E-state index contributed by atoms with van der Waals surface area (Å²) in [5.74, 6) is -0.285. The number of alkyl halides is 3. The van der Waals surface area contributed by atoms with Gasteiger partial charge in [-0.2, -0.15) is 0 Å². The molecule has 2 rings (SSSR count). The highest BCUT2D eigenvalue weighted by Crippen LogP contribution is 2.24. The number of hydrogen-bond donors (Lipinski definition) is 2. The van der Waals surface area contributed by atoms with Crippen molar-refractivity contribution in [3.8, 4) is 5.75 Å². The van der Waals surface area contributed by atoms with Crippen molar-refractivity contribution in [2.24, 2.45) is 0 Å². The summed E-state index contributed by atoms with van der Waals surface area (Å²) in [7, 11) is 0. The summed E-state index contributed by atoms with van der Waals surface area (Å²) in [5, 5.41) is 13.0. The molecule has 0 aliphatic carbocycles. The number of rotatable bonds is 2. The van der Waals surface area contributed by atoms with Crippen LogP contribution in [0.3, 0.4) is 0 Å². The van der Waals surface area contributed by atoms with Crippen molar-refractivity contribution < 1.29 is 23.0 Å². The molecule has 1 aliphatic heterocycles. The predicted molar refractivity (Wildman–Crippen MR) is 76.2 cm³/mol. The zero-order chi connectivity index (χ0) is 15.5. The molecule has 0 spiro atoms. The maximum absolute atomic E-state index is 12.0. The van der Waals surface area contributed by atoms with Crippen LogP contribution in [0.1, 0.15) is 12.8 Å². The molecule has 1 aromatic carbocycles. The number of aliphatic hydroxyl groups excluding tert-OH is 1. The van der Waals surface area contributed by atoms with Crippen molar-refractivity contribution >= 4 is 23.0 Å². The number of ether oxygens (including phenoxy) is 1. The lowest BCUT2D eigenvalue weighted by atomic mass is 10.1. The van der Waals surface area contributed by atoms with Gasteiger partial charge in [-0.3, -0.25) is 0 Å². The summed E-state index contributed by atoms with van der Waals surface area (Å²) in [6.07, 6.45) is -3.50. The number of likely N-dealkylation sites (tertiary alicyclic amines) is 1. The summed E-state index contributed by atoms with van der Waals surface area (Å²) in [6.45, 7) is 1.21. The van der Waals surface area contributed by atoms with Gasteiger partial charge in [-0.25, -0.2) is 0 Å². The summed E-state index contributed by atoms with van der Waals surface area (Å²) in [6, 6.07) is 5.33. The number of anilines is 1. The third-order valence-corrected chi connectivity index (χ3v) is 3.38. The van der Waals surface area contributed by atoms with Crippen LogP contribution in [-0.4, -0.2) is 40.7 Å². The maximum atomic E-state index is 12.0. The average molecular weight is 320 g/mol. The second-order valence-corrected chi connectivity index (χ2v) is 5.13. The fraction of sp³-hybridized carbons (Fsp3) is 0.462. The smallest absolute Gasteiger partial charge is 0.406 e. The first kappa shape index (κ1) is 15.8. The number of hydrogen-bond acceptors (Lipinski definition) is 3. The fourth-order valence-corrected chi connectivity index (χ4v) is 2.37. The van der Waals surface area contributed by atoms with Crippen LogP contribution in [0.4, 0.5) is 18.9 Å². The first-order valence-corrected chi connectivity index (χ1v) is 6.84. The van der Waals surface area contributed by atoms with Crippen LogP contribution >= 0.6 is 12.2 Å². The largest absolute Gasteiger partial charge is 0.573 e. The van der Waals surface area contributed by atoms with E-state index >= 15 is 0 Å². The van der Waals surface area contributed by atoms with Crippen LogP contribution in [0.25, 0.3) is 0 Å². The molecule has 4 nitrogen and oxygen atoms in total. The van der Waals surface area contributed by atoms with Crippen LogP contribution in [0.15, 0.2) is 24.3 Å². The van der Waals surface area contributed by atoms with E-state index in [2.05, 4.69) is 10.1 Å². The molecule has 8 heteroatoms. The number of benzene rings is 1. The summed E-state index contributed by atoms with van der Waals surface area (Å²) in [4.78, 5) is 1.84. The number of halogens is 3. The van der Waals surface area contributed by atoms with Gasteiger partial charge in [0.15, 0.2) is 5.11 Å². The summed E-state index contributed by atoms with van der Waals surface area (Å²) in [5.41, 5.74) is 0.564. The topological polar surface area (TPSA) is 44.7 Å². The molecule has 1 fully saturated rings. The Labute approximate surface area is 125 Å². The van der Waals surface area contributed by atoms with Gasteiger partial charge in [0.05, 0.1) is 6.10 Å². The quantitative estimate of drug-likeness (QED) is 0.821. The van der Waals surface area contributed by atoms with Crippen LogP contribution in [0.5, 0.6) is 5.75 Å². The van der Waals surface area contributed by atoms with E-state index in [9.17, 15) is 18.3 Å². The Kier molecular flexibility index (Phi) is 4.89. The number of nitrogens with one attached hydrogen (secondary N) is 1. The van der Waals surface area contributed by atoms with Gasteiger partial charge in [-0.15, -0.1) is 13.2 Å². The highest BCUT2D eigenvalue weighted by atomic mass is 32.1. The average Bonchev–Trinajstić information content (AvgIpc) is 2.39. The molecule has 1 saturated heterocycles. The molecular weight excluding hydrogens is 305 g/mol. The Hall–Kier alpha value is -1.54. The standard InChI is InChI=1S/C13H15F3N2O2S/c14-13(15,16)20-11-5-3-9(4-6-11)17-12(21)18-7-1-2-10(19)8-18/h3-6,10,19H,1-2,7-8H2,(H,17,21)/t10-/m1/s1. The Morgan fingerprint density at radius 3 is 2.57 bits per heavy atom. The number of β-amino-alcohol motifs (C(OH)–C–C–N with tert-alkyl or cyclic N) is 1. The van der Waals surface area contributed by atoms with Crippen LogP contribution in [0, 0.1) is 0 Å². The van der Waals surface area contributed by atoms with Gasteiger partial charge in [0.25, 0.3) is 0 Å². The highest BCUT2D eigenvalue weighted by Gasteiger charge is 2.31. The van der Waals surface area contributed by atoms with Gasteiger partial charge >= 0.3 is 6.36 Å². The normalized spacial score (nSPS) is 19.2. The number of aliphatic hydroxyl groups is 1. The molecule has 0 unspecified atom stereocenters. The van der Waals surface area contributed by atoms with Crippen LogP contribution in [0.2, 0.25) is 0 Å². The van der Waals surface area contributed by atoms with Gasteiger partial charge in [-0.1, -0.05) is 0 Å². The highest BCUT2D eigenvalue weighted by molar-refractivity contribution is 7.80. The van der Waals surface area contributed by atoms with Crippen molar-refractivity contribution in [2.75, 3.05) is 18.4 Å². The molecule has 1 aliphatic rings. The second-order valence-electron chi connectivity index (χ2n) is 4.74. The van der Waals surface area contributed by atoms with E-state index in [1.165, 1.54) is 24.3 Å². The van der Waals surface area contributed by atoms with Gasteiger partial charge in [0.1, 0.15) is 5.75 Å². The summed E-state index contributed by atoms with van der Waals surface area (Å²) >= 11 is 5.22. The Morgan fingerprint density at radius 2 is 2.00 bits per heavy atom. The zero-order valence-electron chi connectivity index (χ0n) is 11.1. The Morgan fingerprint density at radius 1 is 1.33 bits per heavy atom. The van der Waals surface area contributed by atoms with Crippen molar-refractivity contribution in [1.29, 1.82) is 0 Å². The zero-order valence-corrected chi connectivity index (χ0v) is 11.9. The molecule has 0 radical (unpaired) electrons. The lowest BCUT2D eigenvalue weighted by molar-refractivity contribution is -0.274. The summed E-state index contributed by atoms with van der Waals surface area (Å²) < 4.78 is 39.9. The molecule has 21 heavy (non-hydrogen) atoms. The maximum Gasteiger partial charge on any atom is 0.573 e. The number of piperidine rings is 1. The lowest BCUT2D eigenvalue weighted by Gasteiger charge is -2.32. The predicted octanol–water partition coefficient (Wildman–Crippen LogP) is 2.74. The number of nitrogens with zero attached hydrogens (tertiary/aromatic N) is 1. The molecule has 2 N–H and O–H groups in total. The van der Waals surface area contributed by atoms with E-state index in [4.69, 9.17) is 12.2 Å². The minimum Gasteiger partial charge on any atom is -0.406 e. The van der Waals surface area contributed by atoms with E-state index in [0.29, 0.717) is 17.3 Å². The first-order valence-electron chi connectivity index (χ1n) is 6.43. The molecule has 1 aromatic rings. The molecular formula is C13H15F3N2O2S. The molecule has 0 aromatic heterocycles. The Bertz CT molecular complexity index is 493. The van der Waals surface area contributed by atoms with Crippen molar-refractivity contribution in [3.05, 3.63) is 24.3 Å². The SMILES string of the molecule is O[C@@H]1CCCN(C(=S)Nc2ccc(OC(F)(F)F)cc2)C1. The minimum atomic E-state index is -4.70. The van der Waals surface area contributed by atoms with E-state index in [-0.39, 0.29) is 5.75 Å². The Balaban J connectivity index is 1.92. The fourth-order valence-electron chi connectivity index (χ4n) is 2.08.